The molecule has 19 heavy (non-hydrogen) atoms. The highest BCUT2D eigenvalue weighted by atomic mass is 32.1. The minimum Gasteiger partial charge on any atom is -0.466 e. The molecule has 1 rings (SSSR count). The highest BCUT2D eigenvalue weighted by molar-refractivity contribution is 7.10. The van der Waals surface area contributed by atoms with Gasteiger partial charge in [-0.3, -0.25) is 9.59 Å². The molecule has 0 aliphatic rings. The second-order valence-electron chi connectivity index (χ2n) is 4.27. The Bertz CT molecular complexity index is 454. The lowest BCUT2D eigenvalue weighted by atomic mass is 10.1. The van der Waals surface area contributed by atoms with E-state index in [2.05, 4.69) is 0 Å². The molecule has 1 heterocycles. The van der Waals surface area contributed by atoms with Gasteiger partial charge in [-0.1, -0.05) is 0 Å². The van der Waals surface area contributed by atoms with Gasteiger partial charge in [0.2, 0.25) is 0 Å². The summed E-state index contributed by atoms with van der Waals surface area (Å²) < 4.78 is 4.88. The third kappa shape index (κ3) is 4.06. The lowest BCUT2D eigenvalue weighted by Gasteiger charge is -2.20. The van der Waals surface area contributed by atoms with Crippen LogP contribution >= 0.6 is 11.3 Å². The van der Waals surface area contributed by atoms with E-state index in [9.17, 15) is 9.59 Å². The van der Waals surface area contributed by atoms with Crippen LogP contribution in [-0.2, 0) is 9.53 Å². The SMILES string of the molecule is CCOC(=O)CCN(CC)C(=O)c1csc(C)c1C. The smallest absolute Gasteiger partial charge is 0.307 e. The van der Waals surface area contributed by atoms with Crippen LogP contribution in [0.4, 0.5) is 0 Å². The van der Waals surface area contributed by atoms with E-state index >= 15 is 0 Å². The Morgan fingerprint density at radius 1 is 1.32 bits per heavy atom. The first-order valence-electron chi connectivity index (χ1n) is 6.50. The summed E-state index contributed by atoms with van der Waals surface area (Å²) in [5.41, 5.74) is 1.78. The number of rotatable bonds is 6. The van der Waals surface area contributed by atoms with Crippen molar-refractivity contribution in [3.05, 3.63) is 21.4 Å². The van der Waals surface area contributed by atoms with E-state index in [4.69, 9.17) is 4.74 Å². The highest BCUT2D eigenvalue weighted by Crippen LogP contribution is 2.22. The maximum atomic E-state index is 12.4. The molecule has 1 aromatic heterocycles. The average molecular weight is 283 g/mol. The quantitative estimate of drug-likeness (QED) is 0.754. The van der Waals surface area contributed by atoms with Crippen LogP contribution in [0.3, 0.4) is 0 Å². The van der Waals surface area contributed by atoms with Crippen LogP contribution in [0.5, 0.6) is 0 Å². The van der Waals surface area contributed by atoms with Gasteiger partial charge < -0.3 is 9.64 Å². The van der Waals surface area contributed by atoms with Crippen molar-refractivity contribution >= 4 is 23.2 Å². The monoisotopic (exact) mass is 283 g/mol. The van der Waals surface area contributed by atoms with Crippen LogP contribution < -0.4 is 0 Å². The Hall–Kier alpha value is -1.36. The van der Waals surface area contributed by atoms with Crippen molar-refractivity contribution in [2.24, 2.45) is 0 Å². The van der Waals surface area contributed by atoms with Gasteiger partial charge in [0, 0.05) is 23.3 Å². The van der Waals surface area contributed by atoms with Crippen LogP contribution in [-0.4, -0.2) is 36.5 Å². The van der Waals surface area contributed by atoms with Gasteiger partial charge in [0.05, 0.1) is 18.6 Å². The number of carbonyl (C=O) groups excluding carboxylic acids is 2. The Labute approximate surface area is 118 Å². The number of ether oxygens (including phenoxy) is 1. The lowest BCUT2D eigenvalue weighted by molar-refractivity contribution is -0.143. The van der Waals surface area contributed by atoms with Gasteiger partial charge in [-0.2, -0.15) is 0 Å². The van der Waals surface area contributed by atoms with Gasteiger partial charge in [-0.05, 0) is 33.3 Å². The summed E-state index contributed by atoms with van der Waals surface area (Å²) in [6.45, 7) is 9.02. The first kappa shape index (κ1) is 15.7. The Kier molecular flexibility index (Phi) is 6.02. The number of esters is 1. The Balaban J connectivity index is 2.67. The standard InChI is InChI=1S/C14H21NO3S/c1-5-15(8-7-13(16)18-6-2)14(17)12-9-19-11(4)10(12)3/h9H,5-8H2,1-4H3. The summed E-state index contributed by atoms with van der Waals surface area (Å²) in [7, 11) is 0. The topological polar surface area (TPSA) is 46.6 Å². The fourth-order valence-electron chi connectivity index (χ4n) is 1.76. The van der Waals surface area contributed by atoms with Crippen molar-refractivity contribution in [3.8, 4) is 0 Å². The molecule has 0 aliphatic carbocycles. The van der Waals surface area contributed by atoms with Gasteiger partial charge in [0.1, 0.15) is 0 Å². The van der Waals surface area contributed by atoms with Gasteiger partial charge in [-0.15, -0.1) is 11.3 Å². The molecule has 1 aromatic rings. The number of carbonyl (C=O) groups is 2. The molecule has 0 aromatic carbocycles. The van der Waals surface area contributed by atoms with E-state index < -0.39 is 0 Å². The summed E-state index contributed by atoms with van der Waals surface area (Å²) in [6.07, 6.45) is 0.246. The van der Waals surface area contributed by atoms with Crippen LogP contribution in [0.2, 0.25) is 0 Å². The van der Waals surface area contributed by atoms with Gasteiger partial charge in [-0.25, -0.2) is 0 Å². The van der Waals surface area contributed by atoms with Crippen molar-refractivity contribution in [1.29, 1.82) is 0 Å². The molecule has 0 N–H and O–H groups in total. The summed E-state index contributed by atoms with van der Waals surface area (Å²) in [6, 6.07) is 0. The average Bonchev–Trinajstić information content (AvgIpc) is 2.71. The first-order chi connectivity index (χ1) is 9.01. The largest absolute Gasteiger partial charge is 0.466 e. The van der Waals surface area contributed by atoms with Gasteiger partial charge >= 0.3 is 5.97 Å². The summed E-state index contributed by atoms with van der Waals surface area (Å²) in [5.74, 6) is -0.263. The zero-order valence-corrected chi connectivity index (χ0v) is 12.8. The molecule has 0 aliphatic heterocycles. The summed E-state index contributed by atoms with van der Waals surface area (Å²) in [4.78, 5) is 26.5. The maximum Gasteiger partial charge on any atom is 0.307 e. The van der Waals surface area contributed by atoms with Crippen LogP contribution in [0.1, 0.15) is 41.1 Å². The first-order valence-corrected chi connectivity index (χ1v) is 7.38. The van der Waals surface area contributed by atoms with E-state index in [0.29, 0.717) is 19.7 Å². The molecule has 1 amide bonds. The predicted molar refractivity (Wildman–Crippen MR) is 76.6 cm³/mol. The number of hydrogen-bond acceptors (Lipinski definition) is 4. The van der Waals surface area contributed by atoms with Gasteiger partial charge in [0.25, 0.3) is 5.91 Å². The Morgan fingerprint density at radius 3 is 2.47 bits per heavy atom. The number of hydrogen-bond donors (Lipinski definition) is 0. The van der Waals surface area contributed by atoms with Gasteiger partial charge in [0.15, 0.2) is 0 Å². The number of thiophene rings is 1. The van der Waals surface area contributed by atoms with Crippen molar-refractivity contribution in [2.75, 3.05) is 19.7 Å². The second kappa shape index (κ2) is 7.28. The van der Waals surface area contributed by atoms with Crippen molar-refractivity contribution in [1.82, 2.24) is 4.90 Å². The zero-order chi connectivity index (χ0) is 14.4. The number of nitrogens with zero attached hydrogens (tertiary/aromatic N) is 1. The Morgan fingerprint density at radius 2 is 2.00 bits per heavy atom. The fourth-order valence-corrected chi connectivity index (χ4v) is 2.62. The molecule has 106 valence electrons. The molecule has 0 saturated carbocycles. The summed E-state index contributed by atoms with van der Waals surface area (Å²) >= 11 is 1.58. The van der Waals surface area contributed by atoms with Crippen LogP contribution in [0.15, 0.2) is 5.38 Å². The third-order valence-corrected chi connectivity index (χ3v) is 4.09. The molecule has 0 fully saturated rings. The third-order valence-electron chi connectivity index (χ3n) is 3.08. The molecular formula is C14H21NO3S. The van der Waals surface area contributed by atoms with Crippen molar-refractivity contribution < 1.29 is 14.3 Å². The second-order valence-corrected chi connectivity index (χ2v) is 5.35. The minimum atomic E-state index is -0.257. The highest BCUT2D eigenvalue weighted by Gasteiger charge is 2.19. The van der Waals surface area contributed by atoms with E-state index in [1.54, 1.807) is 23.2 Å². The normalized spacial score (nSPS) is 10.3. The van der Waals surface area contributed by atoms with E-state index in [0.717, 1.165) is 16.0 Å². The van der Waals surface area contributed by atoms with E-state index in [1.807, 2.05) is 26.2 Å². The molecule has 0 saturated heterocycles. The predicted octanol–water partition coefficient (Wildman–Crippen LogP) is 2.78. The van der Waals surface area contributed by atoms with Crippen LogP contribution in [0.25, 0.3) is 0 Å². The zero-order valence-electron chi connectivity index (χ0n) is 12.0. The molecule has 0 spiro atoms. The number of amides is 1. The minimum absolute atomic E-state index is 0.00588. The molecule has 5 heteroatoms. The fraction of sp³-hybridized carbons (Fsp3) is 0.571. The molecule has 0 atom stereocenters. The van der Waals surface area contributed by atoms with E-state index in [1.165, 1.54) is 0 Å². The molecule has 4 nitrogen and oxygen atoms in total. The van der Waals surface area contributed by atoms with E-state index in [-0.39, 0.29) is 18.3 Å². The molecule has 0 unspecified atom stereocenters. The molecular weight excluding hydrogens is 262 g/mol. The lowest BCUT2D eigenvalue weighted by Crippen LogP contribution is -2.33. The number of aryl methyl sites for hydroxylation is 1. The summed E-state index contributed by atoms with van der Waals surface area (Å²) in [5, 5.41) is 1.89. The van der Waals surface area contributed by atoms with Crippen molar-refractivity contribution in [2.45, 2.75) is 34.1 Å². The maximum absolute atomic E-state index is 12.4. The molecule has 0 radical (unpaired) electrons. The molecule has 0 bridgehead atoms. The van der Waals surface area contributed by atoms with Crippen molar-refractivity contribution in [3.63, 3.8) is 0 Å². The van der Waals surface area contributed by atoms with Crippen LogP contribution in [0, 0.1) is 13.8 Å².